The maximum Gasteiger partial charge on any atom is 0.123 e. The molecule has 0 bridgehead atoms. The van der Waals surface area contributed by atoms with Gasteiger partial charge < -0.3 is 0 Å². The maximum absolute atomic E-state index is 11.9. The van der Waals surface area contributed by atoms with Crippen molar-refractivity contribution < 1.29 is 4.39 Å². The highest BCUT2D eigenvalue weighted by Gasteiger charge is 2.46. The summed E-state index contributed by atoms with van der Waals surface area (Å²) in [5.41, 5.74) is 0. The molecule has 1 aliphatic carbocycles. The summed E-state index contributed by atoms with van der Waals surface area (Å²) in [5.74, 6) is -0.178. The van der Waals surface area contributed by atoms with Crippen molar-refractivity contribution in [3.63, 3.8) is 0 Å². The molecule has 7 heteroatoms. The molecule has 0 radical (unpaired) electrons. The first-order valence-corrected chi connectivity index (χ1v) is 8.03. The highest BCUT2D eigenvalue weighted by molar-refractivity contribution is 6.45. The highest BCUT2D eigenvalue weighted by atomic mass is 35.5. The quantitative estimate of drug-likeness (QED) is 0.518. The standard InChI is InChI=1S/C6H6Cl6.C6H5F/c7-1-2(8)4(10)6(12)5(11)3(1)9;7-6-4-2-1-3-5-6/h1-6H;1-5H. The topological polar surface area (TPSA) is 0 Å². The number of alkyl halides is 6. The van der Waals surface area contributed by atoms with Crippen LogP contribution in [0, 0.1) is 5.82 Å². The smallest absolute Gasteiger partial charge is 0.123 e. The zero-order valence-electron chi connectivity index (χ0n) is 9.50. The summed E-state index contributed by atoms with van der Waals surface area (Å²) in [4.78, 5) is 0. The average Bonchev–Trinajstić information content (AvgIpc) is 2.42. The van der Waals surface area contributed by atoms with Crippen LogP contribution in [0.5, 0.6) is 0 Å². The van der Waals surface area contributed by atoms with Crippen molar-refractivity contribution in [2.75, 3.05) is 0 Å². The lowest BCUT2D eigenvalue weighted by Gasteiger charge is -2.37. The molecule has 0 saturated heterocycles. The second kappa shape index (κ2) is 8.36. The predicted molar refractivity (Wildman–Crippen MR) is 84.2 cm³/mol. The van der Waals surface area contributed by atoms with Crippen molar-refractivity contribution in [2.45, 2.75) is 32.3 Å². The SMILES string of the molecule is ClC1C(Cl)C(Cl)C(Cl)C(Cl)C1Cl.Fc1ccccc1. The number of hydrogen-bond donors (Lipinski definition) is 0. The van der Waals surface area contributed by atoms with E-state index in [4.69, 9.17) is 69.6 Å². The Balaban J connectivity index is 0.000000218. The van der Waals surface area contributed by atoms with E-state index in [1.807, 2.05) is 0 Å². The van der Waals surface area contributed by atoms with Crippen LogP contribution in [0.25, 0.3) is 0 Å². The van der Waals surface area contributed by atoms with Crippen LogP contribution in [0.3, 0.4) is 0 Å². The Morgan fingerprint density at radius 1 is 0.579 bits per heavy atom. The van der Waals surface area contributed by atoms with Crippen LogP contribution in [0.2, 0.25) is 0 Å². The molecular weight excluding hydrogens is 376 g/mol. The molecule has 0 heterocycles. The summed E-state index contributed by atoms with van der Waals surface area (Å²) >= 11 is 35.3. The first-order chi connectivity index (χ1) is 8.86. The molecule has 1 saturated carbocycles. The lowest BCUT2D eigenvalue weighted by atomic mass is 9.97. The minimum absolute atomic E-state index is 0.178. The Kier molecular flexibility index (Phi) is 7.89. The molecule has 0 unspecified atom stereocenters. The largest absolute Gasteiger partial charge is 0.207 e. The summed E-state index contributed by atoms with van der Waals surface area (Å²) in [6.07, 6.45) is 0. The molecule has 0 atom stereocenters. The van der Waals surface area contributed by atoms with Gasteiger partial charge in [-0.1, -0.05) is 18.2 Å². The minimum Gasteiger partial charge on any atom is -0.207 e. The van der Waals surface area contributed by atoms with Gasteiger partial charge in [-0.05, 0) is 12.1 Å². The monoisotopic (exact) mass is 384 g/mol. The van der Waals surface area contributed by atoms with E-state index in [1.54, 1.807) is 18.2 Å². The van der Waals surface area contributed by atoms with Crippen molar-refractivity contribution >= 4 is 69.6 Å². The number of halogens is 7. The number of rotatable bonds is 0. The van der Waals surface area contributed by atoms with Gasteiger partial charge in [0.05, 0.1) is 32.3 Å². The molecule has 1 aliphatic rings. The average molecular weight is 387 g/mol. The zero-order chi connectivity index (χ0) is 14.6. The van der Waals surface area contributed by atoms with Gasteiger partial charge in [0, 0.05) is 0 Å². The molecule has 0 nitrogen and oxygen atoms in total. The Morgan fingerprint density at radius 2 is 0.842 bits per heavy atom. The van der Waals surface area contributed by atoms with Gasteiger partial charge in [-0.3, -0.25) is 0 Å². The van der Waals surface area contributed by atoms with Crippen LogP contribution in [0.4, 0.5) is 4.39 Å². The third-order valence-corrected chi connectivity index (χ3v) is 6.59. The molecule has 0 N–H and O–H groups in total. The van der Waals surface area contributed by atoms with E-state index < -0.39 is 32.3 Å². The lowest BCUT2D eigenvalue weighted by Crippen LogP contribution is -2.52. The fraction of sp³-hybridized carbons (Fsp3) is 0.500. The molecule has 0 spiro atoms. The molecule has 1 aromatic rings. The van der Waals surface area contributed by atoms with Crippen LogP contribution < -0.4 is 0 Å². The van der Waals surface area contributed by atoms with Crippen molar-refractivity contribution in [2.24, 2.45) is 0 Å². The van der Waals surface area contributed by atoms with Crippen molar-refractivity contribution in [3.8, 4) is 0 Å². The van der Waals surface area contributed by atoms with Crippen molar-refractivity contribution in [1.82, 2.24) is 0 Å². The van der Waals surface area contributed by atoms with E-state index in [-0.39, 0.29) is 5.82 Å². The van der Waals surface area contributed by atoms with E-state index in [1.165, 1.54) is 12.1 Å². The fourth-order valence-corrected chi connectivity index (χ4v) is 3.80. The predicted octanol–water partition coefficient (Wildman–Crippen LogP) is 5.47. The number of hydrogen-bond acceptors (Lipinski definition) is 0. The molecule has 1 aromatic carbocycles. The molecule has 0 aliphatic heterocycles. The first kappa shape index (κ1) is 17.9. The molecular formula is C12H11Cl6F. The highest BCUT2D eigenvalue weighted by Crippen LogP contribution is 2.39. The van der Waals surface area contributed by atoms with E-state index in [9.17, 15) is 4.39 Å². The molecule has 1 fully saturated rings. The van der Waals surface area contributed by atoms with Gasteiger partial charge in [-0.25, -0.2) is 4.39 Å². The van der Waals surface area contributed by atoms with Gasteiger partial charge in [0.2, 0.25) is 0 Å². The summed E-state index contributed by atoms with van der Waals surface area (Å²) in [5, 5.41) is -2.62. The van der Waals surface area contributed by atoms with Gasteiger partial charge in [0.1, 0.15) is 5.82 Å². The van der Waals surface area contributed by atoms with E-state index in [2.05, 4.69) is 0 Å². The Morgan fingerprint density at radius 3 is 1.00 bits per heavy atom. The summed E-state index contributed by atoms with van der Waals surface area (Å²) in [6, 6.07) is 7.94. The lowest BCUT2D eigenvalue weighted by molar-refractivity contribution is 0.544. The second-order valence-electron chi connectivity index (χ2n) is 3.96. The number of benzene rings is 1. The molecule has 0 aromatic heterocycles. The van der Waals surface area contributed by atoms with Gasteiger partial charge in [0.15, 0.2) is 0 Å². The Labute approximate surface area is 142 Å². The molecule has 0 amide bonds. The van der Waals surface area contributed by atoms with Crippen LogP contribution in [0.1, 0.15) is 0 Å². The fourth-order valence-electron chi connectivity index (χ4n) is 1.47. The zero-order valence-corrected chi connectivity index (χ0v) is 14.0. The minimum atomic E-state index is -0.437. The Hall–Kier alpha value is 0.890. The van der Waals surface area contributed by atoms with Crippen LogP contribution in [-0.4, -0.2) is 32.3 Å². The summed E-state index contributed by atoms with van der Waals surface area (Å²) in [6.45, 7) is 0. The Bertz CT molecular complexity index is 317. The molecule has 19 heavy (non-hydrogen) atoms. The summed E-state index contributed by atoms with van der Waals surface area (Å²) < 4.78 is 11.9. The normalized spacial score (nSPS) is 38.3. The maximum atomic E-state index is 11.9. The first-order valence-electron chi connectivity index (χ1n) is 5.41. The third-order valence-electron chi connectivity index (χ3n) is 2.56. The van der Waals surface area contributed by atoms with E-state index in [0.29, 0.717) is 0 Å². The van der Waals surface area contributed by atoms with Gasteiger partial charge in [-0.15, -0.1) is 69.6 Å². The molecule has 2 rings (SSSR count). The second-order valence-corrected chi connectivity index (χ2v) is 6.99. The van der Waals surface area contributed by atoms with Crippen LogP contribution in [0.15, 0.2) is 30.3 Å². The van der Waals surface area contributed by atoms with Crippen molar-refractivity contribution in [1.29, 1.82) is 0 Å². The van der Waals surface area contributed by atoms with Gasteiger partial charge in [0.25, 0.3) is 0 Å². The van der Waals surface area contributed by atoms with Crippen LogP contribution >= 0.6 is 69.6 Å². The van der Waals surface area contributed by atoms with Gasteiger partial charge >= 0.3 is 0 Å². The van der Waals surface area contributed by atoms with Crippen LogP contribution in [-0.2, 0) is 0 Å². The summed E-state index contributed by atoms with van der Waals surface area (Å²) in [7, 11) is 0. The van der Waals surface area contributed by atoms with E-state index in [0.717, 1.165) is 0 Å². The van der Waals surface area contributed by atoms with Gasteiger partial charge in [-0.2, -0.15) is 0 Å². The third kappa shape index (κ3) is 4.98. The van der Waals surface area contributed by atoms with Crippen molar-refractivity contribution in [3.05, 3.63) is 36.1 Å². The molecule has 108 valence electrons. The van der Waals surface area contributed by atoms with E-state index >= 15 is 0 Å².